The van der Waals surface area contributed by atoms with Crippen molar-refractivity contribution in [2.45, 2.75) is 13.3 Å². The molecule has 1 heterocycles. The van der Waals surface area contributed by atoms with Crippen molar-refractivity contribution in [3.8, 4) is 0 Å². The standard InChI is InChI=1S/C9H15N5O/c1-2-11-7(15)3-4-13-9-8(10)12-5-6-14-9/h5-6H,2-4H2,1H3,(H2,10,12)(H,11,15)(H,13,14). The molecular formula is C9H15N5O. The quantitative estimate of drug-likeness (QED) is 0.634. The van der Waals surface area contributed by atoms with Gasteiger partial charge in [-0.15, -0.1) is 0 Å². The molecule has 6 nitrogen and oxygen atoms in total. The second-order valence-electron chi connectivity index (χ2n) is 2.92. The van der Waals surface area contributed by atoms with E-state index >= 15 is 0 Å². The number of nitrogens with two attached hydrogens (primary N) is 1. The van der Waals surface area contributed by atoms with Crippen molar-refractivity contribution in [1.82, 2.24) is 15.3 Å². The first-order valence-electron chi connectivity index (χ1n) is 4.81. The zero-order valence-electron chi connectivity index (χ0n) is 8.66. The molecule has 0 radical (unpaired) electrons. The Morgan fingerprint density at radius 2 is 2.20 bits per heavy atom. The van der Waals surface area contributed by atoms with Crippen molar-refractivity contribution in [3.05, 3.63) is 12.4 Å². The van der Waals surface area contributed by atoms with Gasteiger partial charge in [0.1, 0.15) is 0 Å². The van der Waals surface area contributed by atoms with Crippen LogP contribution in [0.25, 0.3) is 0 Å². The number of nitrogens with one attached hydrogen (secondary N) is 2. The van der Waals surface area contributed by atoms with Crippen molar-refractivity contribution in [2.24, 2.45) is 0 Å². The molecule has 0 unspecified atom stereocenters. The van der Waals surface area contributed by atoms with Crippen molar-refractivity contribution >= 4 is 17.5 Å². The van der Waals surface area contributed by atoms with Gasteiger partial charge in [0.05, 0.1) is 0 Å². The normalized spacial score (nSPS) is 9.67. The number of nitrogens with zero attached hydrogens (tertiary/aromatic N) is 2. The Hall–Kier alpha value is -1.85. The summed E-state index contributed by atoms with van der Waals surface area (Å²) in [4.78, 5) is 19.0. The van der Waals surface area contributed by atoms with Crippen molar-refractivity contribution < 1.29 is 4.79 Å². The highest BCUT2D eigenvalue weighted by atomic mass is 16.1. The van der Waals surface area contributed by atoms with E-state index in [1.807, 2.05) is 6.92 Å². The molecule has 0 spiro atoms. The number of amides is 1. The Morgan fingerprint density at radius 3 is 2.87 bits per heavy atom. The number of carbonyl (C=O) groups is 1. The number of carbonyl (C=O) groups excluding carboxylic acids is 1. The lowest BCUT2D eigenvalue weighted by Crippen LogP contribution is -2.25. The highest BCUT2D eigenvalue weighted by Crippen LogP contribution is 2.08. The van der Waals surface area contributed by atoms with Crippen LogP contribution in [-0.4, -0.2) is 29.0 Å². The van der Waals surface area contributed by atoms with Crippen LogP contribution in [0.5, 0.6) is 0 Å². The third kappa shape index (κ3) is 3.80. The van der Waals surface area contributed by atoms with Crippen LogP contribution >= 0.6 is 0 Å². The molecule has 15 heavy (non-hydrogen) atoms. The van der Waals surface area contributed by atoms with Crippen LogP contribution in [0.2, 0.25) is 0 Å². The molecule has 4 N–H and O–H groups in total. The number of hydrogen-bond donors (Lipinski definition) is 3. The van der Waals surface area contributed by atoms with E-state index in [0.717, 1.165) is 0 Å². The van der Waals surface area contributed by atoms with E-state index in [1.165, 1.54) is 6.20 Å². The van der Waals surface area contributed by atoms with E-state index in [2.05, 4.69) is 20.6 Å². The molecule has 0 aliphatic heterocycles. The minimum absolute atomic E-state index is 0.00691. The first-order chi connectivity index (χ1) is 7.24. The van der Waals surface area contributed by atoms with E-state index in [0.29, 0.717) is 31.1 Å². The van der Waals surface area contributed by atoms with Crippen LogP contribution in [0.15, 0.2) is 12.4 Å². The Labute approximate surface area is 88.3 Å². The molecule has 0 saturated carbocycles. The lowest BCUT2D eigenvalue weighted by Gasteiger charge is -2.06. The van der Waals surface area contributed by atoms with Crippen LogP contribution in [0, 0.1) is 0 Å². The van der Waals surface area contributed by atoms with Gasteiger partial charge in [-0.2, -0.15) is 0 Å². The molecule has 1 amide bonds. The number of aromatic nitrogens is 2. The highest BCUT2D eigenvalue weighted by molar-refractivity contribution is 5.76. The molecule has 0 saturated heterocycles. The summed E-state index contributed by atoms with van der Waals surface area (Å²) in [7, 11) is 0. The second kappa shape index (κ2) is 5.79. The maximum absolute atomic E-state index is 11.1. The van der Waals surface area contributed by atoms with Gasteiger partial charge in [-0.25, -0.2) is 9.97 Å². The zero-order chi connectivity index (χ0) is 11.1. The maximum Gasteiger partial charge on any atom is 0.221 e. The van der Waals surface area contributed by atoms with E-state index in [-0.39, 0.29) is 5.91 Å². The van der Waals surface area contributed by atoms with E-state index in [1.54, 1.807) is 6.20 Å². The number of hydrogen-bond acceptors (Lipinski definition) is 5. The van der Waals surface area contributed by atoms with Crippen LogP contribution in [0.1, 0.15) is 13.3 Å². The lowest BCUT2D eigenvalue weighted by atomic mass is 10.4. The fourth-order valence-electron chi connectivity index (χ4n) is 1.06. The predicted molar refractivity (Wildman–Crippen MR) is 58.2 cm³/mol. The van der Waals surface area contributed by atoms with Crippen molar-refractivity contribution in [1.29, 1.82) is 0 Å². The summed E-state index contributed by atoms with van der Waals surface area (Å²) in [6, 6.07) is 0. The highest BCUT2D eigenvalue weighted by Gasteiger charge is 2.02. The summed E-state index contributed by atoms with van der Waals surface area (Å²) >= 11 is 0. The van der Waals surface area contributed by atoms with Crippen molar-refractivity contribution in [2.75, 3.05) is 24.1 Å². The van der Waals surface area contributed by atoms with Gasteiger partial charge in [0.2, 0.25) is 5.91 Å². The van der Waals surface area contributed by atoms with Crippen LogP contribution in [0.3, 0.4) is 0 Å². The number of anilines is 2. The lowest BCUT2D eigenvalue weighted by molar-refractivity contribution is -0.120. The molecule has 0 aliphatic carbocycles. The Kier molecular flexibility index (Phi) is 4.33. The van der Waals surface area contributed by atoms with E-state index in [9.17, 15) is 4.79 Å². The Balaban J connectivity index is 2.32. The Bertz CT molecular complexity index is 328. The SMILES string of the molecule is CCNC(=O)CCNc1nccnc1N. The summed E-state index contributed by atoms with van der Waals surface area (Å²) in [5.41, 5.74) is 5.56. The van der Waals surface area contributed by atoms with Gasteiger partial charge in [0, 0.05) is 31.9 Å². The second-order valence-corrected chi connectivity index (χ2v) is 2.92. The molecule has 6 heteroatoms. The number of nitrogen functional groups attached to an aromatic ring is 1. The van der Waals surface area contributed by atoms with Gasteiger partial charge in [-0.3, -0.25) is 4.79 Å². The van der Waals surface area contributed by atoms with E-state index in [4.69, 9.17) is 5.73 Å². The van der Waals surface area contributed by atoms with Crippen LogP contribution in [-0.2, 0) is 4.79 Å². The molecule has 0 aliphatic rings. The van der Waals surface area contributed by atoms with Gasteiger partial charge in [-0.05, 0) is 6.92 Å². The molecule has 82 valence electrons. The first-order valence-corrected chi connectivity index (χ1v) is 4.81. The average molecular weight is 209 g/mol. The summed E-state index contributed by atoms with van der Waals surface area (Å²) in [5.74, 6) is 0.864. The van der Waals surface area contributed by atoms with Crippen molar-refractivity contribution in [3.63, 3.8) is 0 Å². The molecule has 0 atom stereocenters. The van der Waals surface area contributed by atoms with Gasteiger partial charge in [0.25, 0.3) is 0 Å². The molecule has 1 aromatic rings. The van der Waals surface area contributed by atoms with E-state index < -0.39 is 0 Å². The van der Waals surface area contributed by atoms with Gasteiger partial charge < -0.3 is 16.4 Å². The fourth-order valence-corrected chi connectivity index (χ4v) is 1.06. The molecule has 1 aromatic heterocycles. The summed E-state index contributed by atoms with van der Waals surface area (Å²) in [5, 5.41) is 5.64. The minimum Gasteiger partial charge on any atom is -0.381 e. The predicted octanol–water partition coefficient (Wildman–Crippen LogP) is -0.00310. The zero-order valence-corrected chi connectivity index (χ0v) is 8.66. The molecule has 0 bridgehead atoms. The first kappa shape index (κ1) is 11.2. The van der Waals surface area contributed by atoms with Crippen LogP contribution < -0.4 is 16.4 Å². The Morgan fingerprint density at radius 1 is 1.47 bits per heavy atom. The maximum atomic E-state index is 11.1. The average Bonchev–Trinajstić information content (AvgIpc) is 2.21. The smallest absolute Gasteiger partial charge is 0.221 e. The summed E-state index contributed by atoms with van der Waals surface area (Å²) in [6.07, 6.45) is 3.46. The summed E-state index contributed by atoms with van der Waals surface area (Å²) < 4.78 is 0. The summed E-state index contributed by atoms with van der Waals surface area (Å²) in [6.45, 7) is 3.02. The molecular weight excluding hydrogens is 194 g/mol. The van der Waals surface area contributed by atoms with Crippen LogP contribution in [0.4, 0.5) is 11.6 Å². The minimum atomic E-state index is 0.00691. The molecule has 0 fully saturated rings. The number of rotatable bonds is 5. The van der Waals surface area contributed by atoms with Gasteiger partial charge >= 0.3 is 0 Å². The molecule has 1 rings (SSSR count). The third-order valence-electron chi connectivity index (χ3n) is 1.74. The largest absolute Gasteiger partial charge is 0.381 e. The third-order valence-corrected chi connectivity index (χ3v) is 1.74. The van der Waals surface area contributed by atoms with Gasteiger partial charge in [-0.1, -0.05) is 0 Å². The molecule has 0 aromatic carbocycles. The van der Waals surface area contributed by atoms with Gasteiger partial charge in [0.15, 0.2) is 11.6 Å². The monoisotopic (exact) mass is 209 g/mol. The topological polar surface area (TPSA) is 92.9 Å². The fraction of sp³-hybridized carbons (Fsp3) is 0.444.